The molecule has 0 aliphatic rings. The predicted octanol–water partition coefficient (Wildman–Crippen LogP) is 4.47. The van der Waals surface area contributed by atoms with Crippen LogP contribution in [0.2, 0.25) is 0 Å². The Morgan fingerprint density at radius 3 is 1.61 bits per heavy atom. The summed E-state index contributed by atoms with van der Waals surface area (Å²) < 4.78 is 0. The molecule has 0 aliphatic carbocycles. The van der Waals surface area contributed by atoms with Gasteiger partial charge in [-0.05, 0) is 12.8 Å². The molecular formula is C23H47NO4. The lowest BCUT2D eigenvalue weighted by atomic mass is 10.0. The van der Waals surface area contributed by atoms with Crippen LogP contribution in [0.5, 0.6) is 0 Å². The molecule has 28 heavy (non-hydrogen) atoms. The van der Waals surface area contributed by atoms with E-state index in [-0.39, 0.29) is 6.61 Å². The summed E-state index contributed by atoms with van der Waals surface area (Å²) in [6.45, 7) is 3.83. The second kappa shape index (κ2) is 19.7. The van der Waals surface area contributed by atoms with E-state index in [0.29, 0.717) is 19.3 Å². The third-order valence-electron chi connectivity index (χ3n) is 5.46. The number of rotatable bonds is 20. The standard InChI is InChI=1S/C23H47NO4/c1-3-5-6-7-8-9-10-11-12-13-14-15-16-18-21(26)20(19-25)24-23(28)22(27)17-4-2/h20-22,25-27H,3-19H2,1-2H3,(H,24,28)/t20-,21+,22+/m0/s1. The van der Waals surface area contributed by atoms with E-state index in [2.05, 4.69) is 12.2 Å². The number of aliphatic hydroxyl groups excluding tert-OH is 3. The Hall–Kier alpha value is -0.650. The highest BCUT2D eigenvalue weighted by atomic mass is 16.3. The van der Waals surface area contributed by atoms with E-state index in [1.807, 2.05) is 6.92 Å². The molecule has 4 N–H and O–H groups in total. The maximum absolute atomic E-state index is 11.8. The summed E-state index contributed by atoms with van der Waals surface area (Å²) in [5, 5.41) is 31.8. The lowest BCUT2D eigenvalue weighted by molar-refractivity contribution is -0.131. The Balaban J connectivity index is 3.61. The third kappa shape index (κ3) is 15.3. The molecule has 168 valence electrons. The second-order valence-corrected chi connectivity index (χ2v) is 8.20. The van der Waals surface area contributed by atoms with Gasteiger partial charge in [-0.3, -0.25) is 4.79 Å². The summed E-state index contributed by atoms with van der Waals surface area (Å²) in [5.41, 5.74) is 0. The van der Waals surface area contributed by atoms with E-state index in [1.54, 1.807) is 0 Å². The molecule has 0 radical (unpaired) electrons. The van der Waals surface area contributed by atoms with Crippen molar-refractivity contribution in [3.8, 4) is 0 Å². The summed E-state index contributed by atoms with van der Waals surface area (Å²) in [6.07, 6.45) is 16.4. The van der Waals surface area contributed by atoms with Crippen LogP contribution < -0.4 is 5.32 Å². The molecule has 0 aromatic carbocycles. The largest absolute Gasteiger partial charge is 0.394 e. The fourth-order valence-corrected chi connectivity index (χ4v) is 3.52. The lowest BCUT2D eigenvalue weighted by Crippen LogP contribution is -2.49. The van der Waals surface area contributed by atoms with Crippen molar-refractivity contribution in [1.82, 2.24) is 5.32 Å². The fraction of sp³-hybridized carbons (Fsp3) is 0.957. The molecule has 0 bridgehead atoms. The highest BCUT2D eigenvalue weighted by Crippen LogP contribution is 2.14. The topological polar surface area (TPSA) is 89.8 Å². The zero-order chi connectivity index (χ0) is 21.0. The monoisotopic (exact) mass is 401 g/mol. The molecule has 1 amide bonds. The van der Waals surface area contributed by atoms with Crippen LogP contribution in [0.3, 0.4) is 0 Å². The average molecular weight is 402 g/mol. The molecule has 0 rings (SSSR count). The van der Waals surface area contributed by atoms with Crippen LogP contribution in [0.4, 0.5) is 0 Å². The number of hydrogen-bond donors (Lipinski definition) is 4. The minimum absolute atomic E-state index is 0.315. The molecule has 5 heteroatoms. The van der Waals surface area contributed by atoms with E-state index >= 15 is 0 Å². The SMILES string of the molecule is CCCCCCCCCCCCCCC[C@@H](O)[C@H](CO)NC(=O)[C@H](O)CCC. The maximum Gasteiger partial charge on any atom is 0.249 e. The predicted molar refractivity (Wildman–Crippen MR) is 116 cm³/mol. The van der Waals surface area contributed by atoms with Crippen LogP contribution in [-0.4, -0.2) is 46.1 Å². The molecule has 0 aromatic heterocycles. The Bertz CT molecular complexity index is 351. The van der Waals surface area contributed by atoms with E-state index in [9.17, 15) is 20.1 Å². The number of hydrogen-bond acceptors (Lipinski definition) is 4. The molecule has 0 spiro atoms. The first-order chi connectivity index (χ1) is 13.6. The Morgan fingerprint density at radius 1 is 0.714 bits per heavy atom. The summed E-state index contributed by atoms with van der Waals surface area (Å²) in [5.74, 6) is -0.509. The van der Waals surface area contributed by atoms with E-state index < -0.39 is 24.2 Å². The van der Waals surface area contributed by atoms with Crippen molar-refractivity contribution >= 4 is 5.91 Å². The van der Waals surface area contributed by atoms with Crippen molar-refractivity contribution < 1.29 is 20.1 Å². The summed E-state index contributed by atoms with van der Waals surface area (Å²) in [6, 6.07) is -0.698. The van der Waals surface area contributed by atoms with Crippen molar-refractivity contribution in [3.63, 3.8) is 0 Å². The van der Waals surface area contributed by atoms with Gasteiger partial charge in [0, 0.05) is 0 Å². The van der Waals surface area contributed by atoms with Crippen molar-refractivity contribution in [2.24, 2.45) is 0 Å². The highest BCUT2D eigenvalue weighted by Gasteiger charge is 2.23. The van der Waals surface area contributed by atoms with Crippen LogP contribution in [0.1, 0.15) is 117 Å². The van der Waals surface area contributed by atoms with Gasteiger partial charge in [0.25, 0.3) is 0 Å². The van der Waals surface area contributed by atoms with Gasteiger partial charge in [0.1, 0.15) is 6.10 Å². The number of nitrogens with one attached hydrogen (secondary N) is 1. The molecule has 0 heterocycles. The maximum atomic E-state index is 11.8. The van der Waals surface area contributed by atoms with Crippen molar-refractivity contribution in [2.45, 2.75) is 135 Å². The van der Waals surface area contributed by atoms with Gasteiger partial charge in [0.05, 0.1) is 18.8 Å². The van der Waals surface area contributed by atoms with Crippen molar-refractivity contribution in [2.75, 3.05) is 6.61 Å². The van der Waals surface area contributed by atoms with Gasteiger partial charge in [-0.15, -0.1) is 0 Å². The minimum atomic E-state index is -1.07. The first-order valence-electron chi connectivity index (χ1n) is 11.8. The third-order valence-corrected chi connectivity index (χ3v) is 5.46. The second-order valence-electron chi connectivity index (χ2n) is 8.20. The number of unbranched alkanes of at least 4 members (excludes halogenated alkanes) is 12. The van der Waals surface area contributed by atoms with E-state index in [1.165, 1.54) is 70.6 Å². The Labute approximate surface area is 173 Å². The molecule has 0 saturated carbocycles. The lowest BCUT2D eigenvalue weighted by Gasteiger charge is -2.23. The molecule has 0 aromatic rings. The van der Waals surface area contributed by atoms with Gasteiger partial charge in [0.2, 0.25) is 5.91 Å². The number of carbonyl (C=O) groups excluding carboxylic acids is 1. The van der Waals surface area contributed by atoms with Gasteiger partial charge >= 0.3 is 0 Å². The van der Waals surface area contributed by atoms with Gasteiger partial charge < -0.3 is 20.6 Å². The van der Waals surface area contributed by atoms with E-state index in [0.717, 1.165) is 12.8 Å². The first kappa shape index (κ1) is 27.4. The molecule has 3 atom stereocenters. The molecule has 0 aliphatic heterocycles. The number of amides is 1. The van der Waals surface area contributed by atoms with Crippen LogP contribution >= 0.6 is 0 Å². The number of carbonyl (C=O) groups is 1. The zero-order valence-electron chi connectivity index (χ0n) is 18.5. The Morgan fingerprint density at radius 2 is 1.18 bits per heavy atom. The smallest absolute Gasteiger partial charge is 0.249 e. The summed E-state index contributed by atoms with van der Waals surface area (Å²) >= 11 is 0. The fourth-order valence-electron chi connectivity index (χ4n) is 3.52. The number of aliphatic hydroxyl groups is 3. The van der Waals surface area contributed by atoms with Crippen LogP contribution in [-0.2, 0) is 4.79 Å². The zero-order valence-corrected chi connectivity index (χ0v) is 18.5. The van der Waals surface area contributed by atoms with Crippen molar-refractivity contribution in [1.29, 1.82) is 0 Å². The minimum Gasteiger partial charge on any atom is -0.394 e. The molecule has 0 unspecified atom stereocenters. The van der Waals surface area contributed by atoms with Gasteiger partial charge in [-0.2, -0.15) is 0 Å². The van der Waals surface area contributed by atoms with Gasteiger partial charge in [0.15, 0.2) is 0 Å². The average Bonchev–Trinajstić information content (AvgIpc) is 2.69. The summed E-state index contributed by atoms with van der Waals surface area (Å²) in [7, 11) is 0. The molecule has 0 saturated heterocycles. The Kier molecular flexibility index (Phi) is 19.2. The van der Waals surface area contributed by atoms with Crippen LogP contribution in [0, 0.1) is 0 Å². The van der Waals surface area contributed by atoms with E-state index in [4.69, 9.17) is 0 Å². The molecule has 5 nitrogen and oxygen atoms in total. The first-order valence-corrected chi connectivity index (χ1v) is 11.8. The van der Waals surface area contributed by atoms with Gasteiger partial charge in [-0.25, -0.2) is 0 Å². The van der Waals surface area contributed by atoms with Crippen molar-refractivity contribution in [3.05, 3.63) is 0 Å². The quantitative estimate of drug-likeness (QED) is 0.227. The highest BCUT2D eigenvalue weighted by molar-refractivity contribution is 5.80. The normalized spacial score (nSPS) is 14.6. The molecular weight excluding hydrogens is 354 g/mol. The summed E-state index contributed by atoms with van der Waals surface area (Å²) in [4.78, 5) is 11.8. The van der Waals surface area contributed by atoms with Gasteiger partial charge in [-0.1, -0.05) is 104 Å². The van der Waals surface area contributed by atoms with Crippen LogP contribution in [0.25, 0.3) is 0 Å². The van der Waals surface area contributed by atoms with Crippen LogP contribution in [0.15, 0.2) is 0 Å². The molecule has 0 fully saturated rings.